The van der Waals surface area contributed by atoms with Gasteiger partial charge in [0.25, 0.3) is 0 Å². The molecule has 2 aromatic heterocycles. The highest BCUT2D eigenvalue weighted by Gasteiger charge is 2.25. The van der Waals surface area contributed by atoms with Crippen LogP contribution in [0.25, 0.3) is 11.3 Å². The highest BCUT2D eigenvalue weighted by molar-refractivity contribution is 5.58. The minimum absolute atomic E-state index is 0.206. The summed E-state index contributed by atoms with van der Waals surface area (Å²) in [5.74, 6) is 0.735. The Kier molecular flexibility index (Phi) is 4.72. The maximum atomic E-state index is 5.84. The Morgan fingerprint density at radius 3 is 2.46 bits per heavy atom. The molecule has 1 aromatic carbocycles. The maximum absolute atomic E-state index is 5.84. The van der Waals surface area contributed by atoms with Gasteiger partial charge in [0.05, 0.1) is 18.9 Å². The van der Waals surface area contributed by atoms with Crippen LogP contribution in [0, 0.1) is 0 Å². The molecule has 7 nitrogen and oxygen atoms in total. The summed E-state index contributed by atoms with van der Waals surface area (Å²) in [6.07, 6.45) is 2.74. The number of pyridine rings is 1. The van der Waals surface area contributed by atoms with Crippen LogP contribution >= 0.6 is 0 Å². The zero-order valence-electron chi connectivity index (χ0n) is 14.0. The van der Waals surface area contributed by atoms with E-state index in [1.165, 1.54) is 0 Å². The van der Waals surface area contributed by atoms with Crippen LogP contribution in [0.1, 0.15) is 11.9 Å². The van der Waals surface area contributed by atoms with Gasteiger partial charge >= 0.3 is 0 Å². The lowest BCUT2D eigenvalue weighted by atomic mass is 10.2. The summed E-state index contributed by atoms with van der Waals surface area (Å²) in [5.41, 5.74) is 8.16. The molecular formula is C19H18N4O3. The van der Waals surface area contributed by atoms with Crippen LogP contribution in [0.5, 0.6) is 5.88 Å². The summed E-state index contributed by atoms with van der Waals surface area (Å²) in [6.45, 7) is 0.872. The highest BCUT2D eigenvalue weighted by atomic mass is 16.7. The van der Waals surface area contributed by atoms with E-state index in [4.69, 9.17) is 19.9 Å². The third kappa shape index (κ3) is 3.79. The van der Waals surface area contributed by atoms with Crippen LogP contribution in [-0.2, 0) is 9.47 Å². The van der Waals surface area contributed by atoms with Gasteiger partial charge in [0, 0.05) is 29.6 Å². The van der Waals surface area contributed by atoms with E-state index in [0.717, 1.165) is 11.1 Å². The SMILES string of the molecule is Nc1nccc(-c2ccc(OC3COC(c4ccccc4)OC3)nc2)n1. The number of anilines is 1. The van der Waals surface area contributed by atoms with Gasteiger partial charge in [0.15, 0.2) is 6.29 Å². The van der Waals surface area contributed by atoms with E-state index in [1.807, 2.05) is 36.4 Å². The van der Waals surface area contributed by atoms with E-state index in [0.29, 0.717) is 24.8 Å². The summed E-state index contributed by atoms with van der Waals surface area (Å²) >= 11 is 0. The normalized spacial score (nSPS) is 19.8. The number of nitrogens with two attached hydrogens (primary N) is 1. The molecule has 1 aliphatic heterocycles. The monoisotopic (exact) mass is 350 g/mol. The molecule has 0 radical (unpaired) electrons. The predicted octanol–water partition coefficient (Wildman–Crippen LogP) is 2.61. The first-order valence-corrected chi connectivity index (χ1v) is 8.28. The van der Waals surface area contributed by atoms with Gasteiger partial charge in [0.2, 0.25) is 11.8 Å². The van der Waals surface area contributed by atoms with Crippen molar-refractivity contribution in [3.05, 3.63) is 66.5 Å². The molecule has 0 spiro atoms. The van der Waals surface area contributed by atoms with E-state index in [-0.39, 0.29) is 18.3 Å². The van der Waals surface area contributed by atoms with Gasteiger partial charge in [-0.1, -0.05) is 30.3 Å². The average molecular weight is 350 g/mol. The Hall–Kier alpha value is -3.03. The smallest absolute Gasteiger partial charge is 0.220 e. The number of ether oxygens (including phenoxy) is 3. The topological polar surface area (TPSA) is 92.4 Å². The van der Waals surface area contributed by atoms with Crippen LogP contribution in [0.3, 0.4) is 0 Å². The van der Waals surface area contributed by atoms with Crippen LogP contribution in [-0.4, -0.2) is 34.3 Å². The number of rotatable bonds is 4. The molecule has 0 bridgehead atoms. The van der Waals surface area contributed by atoms with Crippen molar-refractivity contribution in [3.63, 3.8) is 0 Å². The summed E-state index contributed by atoms with van der Waals surface area (Å²) in [6, 6.07) is 15.3. The molecule has 4 rings (SSSR count). The third-order valence-corrected chi connectivity index (χ3v) is 3.93. The Morgan fingerprint density at radius 1 is 0.962 bits per heavy atom. The zero-order chi connectivity index (χ0) is 17.8. The average Bonchev–Trinajstić information content (AvgIpc) is 2.70. The largest absolute Gasteiger partial charge is 0.469 e. The first-order valence-electron chi connectivity index (χ1n) is 8.28. The van der Waals surface area contributed by atoms with Gasteiger partial charge in [-0.2, -0.15) is 0 Å². The first-order chi connectivity index (χ1) is 12.8. The number of hydrogen-bond donors (Lipinski definition) is 1. The molecule has 0 aliphatic carbocycles. The minimum Gasteiger partial charge on any atom is -0.469 e. The number of hydrogen-bond acceptors (Lipinski definition) is 7. The molecule has 26 heavy (non-hydrogen) atoms. The van der Waals surface area contributed by atoms with Crippen LogP contribution in [0.2, 0.25) is 0 Å². The zero-order valence-corrected chi connectivity index (χ0v) is 14.0. The molecule has 0 unspecified atom stereocenters. The van der Waals surface area contributed by atoms with Gasteiger partial charge in [-0.15, -0.1) is 0 Å². The fraction of sp³-hybridized carbons (Fsp3) is 0.211. The number of nitrogens with zero attached hydrogens (tertiary/aromatic N) is 3. The van der Waals surface area contributed by atoms with Crippen molar-refractivity contribution in [1.82, 2.24) is 15.0 Å². The third-order valence-electron chi connectivity index (χ3n) is 3.93. The second kappa shape index (κ2) is 7.47. The molecule has 3 aromatic rings. The molecule has 1 fully saturated rings. The summed E-state index contributed by atoms with van der Waals surface area (Å²) < 4.78 is 17.3. The lowest BCUT2D eigenvalue weighted by Gasteiger charge is -2.29. The minimum atomic E-state index is -0.352. The standard InChI is InChI=1S/C19H18N4O3/c20-19-21-9-8-16(23-19)14-6-7-17(22-10-14)26-15-11-24-18(25-12-15)13-4-2-1-3-5-13/h1-10,15,18H,11-12H2,(H2,20,21,23). The second-order valence-corrected chi connectivity index (χ2v) is 5.83. The Balaban J connectivity index is 1.35. The molecule has 0 atom stereocenters. The van der Waals surface area contributed by atoms with Crippen molar-refractivity contribution < 1.29 is 14.2 Å². The molecule has 7 heteroatoms. The van der Waals surface area contributed by atoms with E-state index >= 15 is 0 Å². The Bertz CT molecular complexity index is 850. The Morgan fingerprint density at radius 2 is 1.77 bits per heavy atom. The van der Waals surface area contributed by atoms with Crippen molar-refractivity contribution >= 4 is 5.95 Å². The van der Waals surface area contributed by atoms with Gasteiger partial charge in [-0.25, -0.2) is 15.0 Å². The van der Waals surface area contributed by atoms with Gasteiger partial charge < -0.3 is 19.9 Å². The number of nitrogen functional groups attached to an aromatic ring is 1. The summed E-state index contributed by atoms with van der Waals surface area (Å²) in [7, 11) is 0. The fourth-order valence-corrected chi connectivity index (χ4v) is 2.66. The van der Waals surface area contributed by atoms with E-state index in [1.54, 1.807) is 24.5 Å². The molecule has 3 heterocycles. The first kappa shape index (κ1) is 16.4. The molecule has 2 N–H and O–H groups in total. The van der Waals surface area contributed by atoms with Crippen LogP contribution in [0.15, 0.2) is 60.9 Å². The molecule has 0 saturated carbocycles. The summed E-state index contributed by atoms with van der Waals surface area (Å²) in [5, 5.41) is 0. The number of aromatic nitrogens is 3. The second-order valence-electron chi connectivity index (χ2n) is 5.83. The van der Waals surface area contributed by atoms with E-state index < -0.39 is 0 Å². The predicted molar refractivity (Wildman–Crippen MR) is 95.2 cm³/mol. The van der Waals surface area contributed by atoms with Crippen LogP contribution in [0.4, 0.5) is 5.95 Å². The van der Waals surface area contributed by atoms with Crippen LogP contribution < -0.4 is 10.5 Å². The lowest BCUT2D eigenvalue weighted by Crippen LogP contribution is -2.35. The molecule has 0 amide bonds. The quantitative estimate of drug-likeness (QED) is 0.773. The van der Waals surface area contributed by atoms with Crippen molar-refractivity contribution in [2.75, 3.05) is 18.9 Å². The highest BCUT2D eigenvalue weighted by Crippen LogP contribution is 2.25. The van der Waals surface area contributed by atoms with Gasteiger partial charge in [0.1, 0.15) is 6.10 Å². The van der Waals surface area contributed by atoms with Crippen molar-refractivity contribution in [1.29, 1.82) is 0 Å². The van der Waals surface area contributed by atoms with Gasteiger partial charge in [-0.05, 0) is 12.1 Å². The molecule has 132 valence electrons. The molecular weight excluding hydrogens is 332 g/mol. The summed E-state index contributed by atoms with van der Waals surface area (Å²) in [4.78, 5) is 12.4. The number of benzene rings is 1. The van der Waals surface area contributed by atoms with Crippen molar-refractivity contribution in [2.24, 2.45) is 0 Å². The lowest BCUT2D eigenvalue weighted by molar-refractivity contribution is -0.216. The maximum Gasteiger partial charge on any atom is 0.220 e. The van der Waals surface area contributed by atoms with Crippen molar-refractivity contribution in [2.45, 2.75) is 12.4 Å². The van der Waals surface area contributed by atoms with Crippen molar-refractivity contribution in [3.8, 4) is 17.1 Å². The Labute approximate surface area is 150 Å². The van der Waals surface area contributed by atoms with E-state index in [2.05, 4.69) is 15.0 Å². The van der Waals surface area contributed by atoms with Gasteiger partial charge in [-0.3, -0.25) is 0 Å². The molecule has 1 aliphatic rings. The molecule has 1 saturated heterocycles. The van der Waals surface area contributed by atoms with E-state index in [9.17, 15) is 0 Å². The fourth-order valence-electron chi connectivity index (χ4n) is 2.66.